The first-order chi connectivity index (χ1) is 10.9. The Morgan fingerprint density at radius 2 is 1.87 bits per heavy atom. The minimum atomic E-state index is 0.100. The molecule has 0 radical (unpaired) electrons. The molecule has 0 fully saturated rings. The lowest BCUT2D eigenvalue weighted by Gasteiger charge is -2.25. The van der Waals surface area contributed by atoms with Crippen LogP contribution in [0.15, 0.2) is 36.4 Å². The summed E-state index contributed by atoms with van der Waals surface area (Å²) in [5, 5.41) is 0. The lowest BCUT2D eigenvalue weighted by atomic mass is 9.87. The summed E-state index contributed by atoms with van der Waals surface area (Å²) in [6.45, 7) is 11.0. The third kappa shape index (κ3) is 2.07. The smallest absolute Gasteiger partial charge is 0.244 e. The van der Waals surface area contributed by atoms with Crippen LogP contribution in [0.2, 0.25) is 0 Å². The van der Waals surface area contributed by atoms with Gasteiger partial charge >= 0.3 is 0 Å². The van der Waals surface area contributed by atoms with Gasteiger partial charge in [-0.1, -0.05) is 45.0 Å². The topological polar surface area (TPSA) is 18.0 Å². The van der Waals surface area contributed by atoms with E-state index in [9.17, 15) is 0 Å². The van der Waals surface area contributed by atoms with Gasteiger partial charge in [0.15, 0.2) is 0 Å². The second-order valence-electron chi connectivity index (χ2n) is 7.56. The fourth-order valence-corrected chi connectivity index (χ4v) is 3.16. The van der Waals surface area contributed by atoms with Gasteiger partial charge in [-0.2, -0.15) is 0 Å². The number of fused-ring (bicyclic) bond motifs is 2. The fourth-order valence-electron chi connectivity index (χ4n) is 3.16. The Morgan fingerprint density at radius 3 is 2.57 bits per heavy atom. The standard InChI is InChI=1S/C20H22N2O/c1-13(2)21-12-22-15-10-9-14(20(3,4)5)11-18(15)23-17-8-6-7-16(21)19(17)22/h6-11,13H,1-5H3. The van der Waals surface area contributed by atoms with E-state index < -0.39 is 0 Å². The molecule has 118 valence electrons. The second kappa shape index (κ2) is 4.60. The van der Waals surface area contributed by atoms with Crippen molar-refractivity contribution < 1.29 is 9.30 Å². The highest BCUT2D eigenvalue weighted by molar-refractivity contribution is 5.81. The molecule has 3 nitrogen and oxygen atoms in total. The molecule has 1 aliphatic rings. The maximum absolute atomic E-state index is 6.22. The van der Waals surface area contributed by atoms with Crippen molar-refractivity contribution in [3.63, 3.8) is 0 Å². The van der Waals surface area contributed by atoms with E-state index in [0.29, 0.717) is 6.04 Å². The Bertz CT molecular complexity index is 913. The number of para-hydroxylation sites is 1. The second-order valence-corrected chi connectivity index (χ2v) is 7.56. The molecule has 1 aromatic heterocycles. The lowest BCUT2D eigenvalue weighted by Crippen LogP contribution is -2.33. The maximum Gasteiger partial charge on any atom is 0.244 e. The lowest BCUT2D eigenvalue weighted by molar-refractivity contribution is -0.575. The van der Waals surface area contributed by atoms with Crippen LogP contribution < -0.4 is 9.30 Å². The van der Waals surface area contributed by atoms with Crippen LogP contribution in [0.3, 0.4) is 0 Å². The van der Waals surface area contributed by atoms with E-state index >= 15 is 0 Å². The van der Waals surface area contributed by atoms with Crippen molar-refractivity contribution >= 4 is 11.0 Å². The van der Waals surface area contributed by atoms with Crippen LogP contribution >= 0.6 is 0 Å². The molecular formula is C20H22N2O. The van der Waals surface area contributed by atoms with Gasteiger partial charge in [0, 0.05) is 0 Å². The predicted molar refractivity (Wildman–Crippen MR) is 91.5 cm³/mol. The summed E-state index contributed by atoms with van der Waals surface area (Å²) in [6.07, 6.45) is 3.50. The number of rotatable bonds is 1. The molecule has 1 aliphatic heterocycles. The normalized spacial score (nSPS) is 13.3. The number of imidazole rings is 1. The summed E-state index contributed by atoms with van der Waals surface area (Å²) >= 11 is 0. The molecule has 0 amide bonds. The largest absolute Gasteiger partial charge is 0.469 e. The molecule has 0 aliphatic carbocycles. The third-order valence-electron chi connectivity index (χ3n) is 4.47. The SMILES string of the molecule is CC(C)n1[c-][n+]2c3c(cccc31)Oc1cc(C(C)(C)C)ccc1-2. The number of aromatic nitrogens is 2. The summed E-state index contributed by atoms with van der Waals surface area (Å²) in [5.41, 5.74) is 4.68. The number of benzene rings is 2. The number of hydrogen-bond acceptors (Lipinski definition) is 1. The number of ether oxygens (including phenoxy) is 1. The Labute approximate surface area is 137 Å². The van der Waals surface area contributed by atoms with Gasteiger partial charge in [-0.3, -0.25) is 0 Å². The van der Waals surface area contributed by atoms with Gasteiger partial charge in [0.2, 0.25) is 6.33 Å². The van der Waals surface area contributed by atoms with Crippen molar-refractivity contribution in [3.05, 3.63) is 48.3 Å². The van der Waals surface area contributed by atoms with Gasteiger partial charge in [-0.15, -0.1) is 0 Å². The molecule has 2 heterocycles. The highest BCUT2D eigenvalue weighted by atomic mass is 16.5. The summed E-state index contributed by atoms with van der Waals surface area (Å²) in [7, 11) is 0. The van der Waals surface area contributed by atoms with E-state index in [1.807, 2.05) is 12.1 Å². The Morgan fingerprint density at radius 1 is 1.09 bits per heavy atom. The maximum atomic E-state index is 6.22. The van der Waals surface area contributed by atoms with E-state index in [1.165, 1.54) is 5.56 Å². The average molecular weight is 306 g/mol. The molecule has 23 heavy (non-hydrogen) atoms. The molecule has 2 aromatic carbocycles. The Balaban J connectivity index is 2.00. The summed E-state index contributed by atoms with van der Waals surface area (Å²) < 4.78 is 10.5. The summed E-state index contributed by atoms with van der Waals surface area (Å²) in [4.78, 5) is 0. The zero-order chi connectivity index (χ0) is 16.4. The van der Waals surface area contributed by atoms with Gasteiger partial charge in [-0.25, -0.2) is 0 Å². The molecular weight excluding hydrogens is 284 g/mol. The highest BCUT2D eigenvalue weighted by Crippen LogP contribution is 2.38. The van der Waals surface area contributed by atoms with E-state index in [-0.39, 0.29) is 5.41 Å². The summed E-state index contributed by atoms with van der Waals surface area (Å²) in [5.74, 6) is 1.80. The Kier molecular flexibility index (Phi) is 2.87. The van der Waals surface area contributed by atoms with Crippen molar-refractivity contribution in [3.8, 4) is 17.2 Å². The molecule has 0 atom stereocenters. The van der Waals surface area contributed by atoms with Crippen LogP contribution in [-0.2, 0) is 5.41 Å². The van der Waals surface area contributed by atoms with Crippen molar-refractivity contribution in [2.45, 2.75) is 46.1 Å². The zero-order valence-electron chi connectivity index (χ0n) is 14.3. The van der Waals surface area contributed by atoms with Crippen LogP contribution in [0, 0.1) is 6.33 Å². The van der Waals surface area contributed by atoms with E-state index in [4.69, 9.17) is 4.74 Å². The van der Waals surface area contributed by atoms with E-state index in [1.54, 1.807) is 0 Å². The number of nitrogens with zero attached hydrogens (tertiary/aromatic N) is 2. The molecule has 0 bridgehead atoms. The van der Waals surface area contributed by atoms with Gasteiger partial charge in [0.1, 0.15) is 11.5 Å². The Hall–Kier alpha value is -2.29. The van der Waals surface area contributed by atoms with Crippen LogP contribution in [-0.4, -0.2) is 4.57 Å². The molecule has 0 saturated carbocycles. The third-order valence-corrected chi connectivity index (χ3v) is 4.47. The molecule has 0 saturated heterocycles. The van der Waals surface area contributed by atoms with E-state index in [0.717, 1.165) is 28.2 Å². The molecule has 0 unspecified atom stereocenters. The molecule has 3 aromatic rings. The van der Waals surface area contributed by atoms with Crippen molar-refractivity contribution in [2.24, 2.45) is 0 Å². The first kappa shape index (κ1) is 14.3. The fraction of sp³-hybridized carbons (Fsp3) is 0.350. The van der Waals surface area contributed by atoms with Crippen molar-refractivity contribution in [1.29, 1.82) is 0 Å². The minimum absolute atomic E-state index is 0.100. The summed E-state index contributed by atoms with van der Waals surface area (Å²) in [6, 6.07) is 13.1. The quantitative estimate of drug-likeness (QED) is 0.368. The van der Waals surface area contributed by atoms with Crippen LogP contribution in [0.25, 0.3) is 16.7 Å². The molecule has 3 heteroatoms. The average Bonchev–Trinajstić information content (AvgIpc) is 2.88. The molecule has 0 N–H and O–H groups in total. The first-order valence-electron chi connectivity index (χ1n) is 8.17. The monoisotopic (exact) mass is 306 g/mol. The van der Waals surface area contributed by atoms with Crippen LogP contribution in [0.1, 0.15) is 46.2 Å². The predicted octanol–water partition coefficient (Wildman–Crippen LogP) is 4.70. The van der Waals surface area contributed by atoms with Crippen molar-refractivity contribution in [1.82, 2.24) is 4.57 Å². The van der Waals surface area contributed by atoms with Gasteiger partial charge in [0.05, 0.1) is 22.8 Å². The van der Waals surface area contributed by atoms with Gasteiger partial charge < -0.3 is 13.9 Å². The van der Waals surface area contributed by atoms with Crippen LogP contribution in [0.4, 0.5) is 0 Å². The molecule has 4 rings (SSSR count). The van der Waals surface area contributed by atoms with Gasteiger partial charge in [-0.05, 0) is 37.0 Å². The van der Waals surface area contributed by atoms with Gasteiger partial charge in [0.25, 0.3) is 0 Å². The highest BCUT2D eigenvalue weighted by Gasteiger charge is 2.24. The number of hydrogen-bond donors (Lipinski definition) is 0. The van der Waals surface area contributed by atoms with Crippen molar-refractivity contribution in [2.75, 3.05) is 0 Å². The van der Waals surface area contributed by atoms with Crippen LogP contribution in [0.5, 0.6) is 11.5 Å². The minimum Gasteiger partial charge on any atom is -0.469 e. The molecule has 0 spiro atoms. The zero-order valence-corrected chi connectivity index (χ0v) is 14.3. The van der Waals surface area contributed by atoms with E-state index in [2.05, 4.69) is 74.3 Å². The first-order valence-corrected chi connectivity index (χ1v) is 8.17.